The van der Waals surface area contributed by atoms with Gasteiger partial charge < -0.3 is 15.7 Å². The minimum atomic E-state index is -0.973. The number of aliphatic hydroxyl groups is 1. The first-order valence-electron chi connectivity index (χ1n) is 5.01. The van der Waals surface area contributed by atoms with Gasteiger partial charge in [-0.2, -0.15) is 0 Å². The normalized spacial score (nSPS) is 12.3. The molecule has 0 aliphatic carbocycles. The summed E-state index contributed by atoms with van der Waals surface area (Å²) in [6.45, 7) is 1.58. The van der Waals surface area contributed by atoms with Gasteiger partial charge in [-0.3, -0.25) is 4.79 Å². The third kappa shape index (κ3) is 3.13. The molecular formula is C11H14F2N2O2. The third-order valence-corrected chi connectivity index (χ3v) is 2.21. The fourth-order valence-corrected chi connectivity index (χ4v) is 1.41. The van der Waals surface area contributed by atoms with Crippen molar-refractivity contribution in [1.82, 2.24) is 4.90 Å². The maximum atomic E-state index is 13.1. The molecule has 0 heterocycles. The van der Waals surface area contributed by atoms with Crippen LogP contribution < -0.4 is 5.73 Å². The summed E-state index contributed by atoms with van der Waals surface area (Å²) in [6, 6.07) is 1.75. The number of carbonyl (C=O) groups is 1. The van der Waals surface area contributed by atoms with Crippen LogP contribution in [-0.2, 0) is 0 Å². The van der Waals surface area contributed by atoms with E-state index < -0.39 is 29.3 Å². The van der Waals surface area contributed by atoms with Crippen molar-refractivity contribution >= 4 is 11.6 Å². The maximum Gasteiger partial charge on any atom is 0.253 e. The maximum absolute atomic E-state index is 13.1. The van der Waals surface area contributed by atoms with Crippen LogP contribution in [0.4, 0.5) is 14.5 Å². The number of amides is 1. The van der Waals surface area contributed by atoms with E-state index in [9.17, 15) is 13.6 Å². The lowest BCUT2D eigenvalue weighted by Gasteiger charge is -2.19. The molecule has 17 heavy (non-hydrogen) atoms. The lowest BCUT2D eigenvalue weighted by molar-refractivity contribution is 0.0703. The average molecular weight is 244 g/mol. The smallest absolute Gasteiger partial charge is 0.253 e. The molecule has 0 fully saturated rings. The Labute approximate surface area is 97.6 Å². The highest BCUT2D eigenvalue weighted by atomic mass is 19.1. The van der Waals surface area contributed by atoms with Gasteiger partial charge in [0, 0.05) is 19.2 Å². The number of benzene rings is 1. The zero-order valence-electron chi connectivity index (χ0n) is 9.58. The molecule has 1 unspecified atom stereocenters. The number of hydrogen-bond donors (Lipinski definition) is 2. The van der Waals surface area contributed by atoms with E-state index >= 15 is 0 Å². The van der Waals surface area contributed by atoms with Gasteiger partial charge >= 0.3 is 0 Å². The molecule has 6 heteroatoms. The molecule has 0 spiro atoms. The fourth-order valence-electron chi connectivity index (χ4n) is 1.41. The standard InChI is InChI=1S/C11H14F2N2O2/c1-6(16)5-15(2)11(17)7-3-8(12)10(14)9(13)4-7/h3-4,6,16H,5,14H2,1-2H3. The highest BCUT2D eigenvalue weighted by Gasteiger charge is 2.17. The van der Waals surface area contributed by atoms with E-state index in [1.54, 1.807) is 0 Å². The second-order valence-corrected chi connectivity index (χ2v) is 3.89. The monoisotopic (exact) mass is 244 g/mol. The Kier molecular flexibility index (Phi) is 4.01. The number of nitrogens with two attached hydrogens (primary N) is 1. The number of carbonyl (C=O) groups excluding carboxylic acids is 1. The fraction of sp³-hybridized carbons (Fsp3) is 0.364. The molecule has 0 aromatic heterocycles. The van der Waals surface area contributed by atoms with Crippen LogP contribution in [-0.4, -0.2) is 35.6 Å². The van der Waals surface area contributed by atoms with Crippen LogP contribution >= 0.6 is 0 Å². The predicted molar refractivity (Wildman–Crippen MR) is 59.4 cm³/mol. The van der Waals surface area contributed by atoms with Crippen molar-refractivity contribution in [3.63, 3.8) is 0 Å². The van der Waals surface area contributed by atoms with Crippen LogP contribution in [0, 0.1) is 11.6 Å². The number of anilines is 1. The number of hydrogen-bond acceptors (Lipinski definition) is 3. The molecule has 0 aliphatic rings. The van der Waals surface area contributed by atoms with E-state index in [0.717, 1.165) is 12.1 Å². The van der Waals surface area contributed by atoms with Crippen molar-refractivity contribution in [3.8, 4) is 0 Å². The number of nitrogen functional groups attached to an aromatic ring is 1. The summed E-state index contributed by atoms with van der Waals surface area (Å²) in [7, 11) is 1.43. The molecule has 0 saturated heterocycles. The summed E-state index contributed by atoms with van der Waals surface area (Å²) in [5.74, 6) is -2.53. The van der Waals surface area contributed by atoms with E-state index in [1.165, 1.54) is 18.9 Å². The number of nitrogens with zero attached hydrogens (tertiary/aromatic N) is 1. The first kappa shape index (κ1) is 13.4. The molecule has 1 aromatic carbocycles. The number of rotatable bonds is 3. The summed E-state index contributed by atoms with van der Waals surface area (Å²) in [5.41, 5.74) is 4.34. The van der Waals surface area contributed by atoms with Crippen molar-refractivity contribution in [1.29, 1.82) is 0 Å². The Bertz CT molecular complexity index is 412. The van der Waals surface area contributed by atoms with Crippen LogP contribution in [0.3, 0.4) is 0 Å². The molecule has 94 valence electrons. The number of likely N-dealkylation sites (N-methyl/N-ethyl adjacent to an activating group) is 1. The van der Waals surface area contributed by atoms with Crippen LogP contribution in [0.15, 0.2) is 12.1 Å². The van der Waals surface area contributed by atoms with Gasteiger partial charge in [0.2, 0.25) is 0 Å². The van der Waals surface area contributed by atoms with Gasteiger partial charge in [-0.1, -0.05) is 0 Å². The van der Waals surface area contributed by atoms with Gasteiger partial charge in [-0.05, 0) is 19.1 Å². The van der Waals surface area contributed by atoms with E-state index in [2.05, 4.69) is 0 Å². The van der Waals surface area contributed by atoms with Crippen LogP contribution in [0.2, 0.25) is 0 Å². The quantitative estimate of drug-likeness (QED) is 0.779. The minimum Gasteiger partial charge on any atom is -0.394 e. The summed E-state index contributed by atoms with van der Waals surface area (Å²) in [6.07, 6.45) is -0.715. The lowest BCUT2D eigenvalue weighted by atomic mass is 10.1. The largest absolute Gasteiger partial charge is 0.394 e. The predicted octanol–water partition coefficient (Wildman–Crippen LogP) is 1.000. The highest BCUT2D eigenvalue weighted by Crippen LogP contribution is 2.18. The third-order valence-electron chi connectivity index (χ3n) is 2.21. The molecule has 1 aromatic rings. The van der Waals surface area contributed by atoms with Gasteiger partial charge in [0.15, 0.2) is 0 Å². The molecule has 0 saturated carbocycles. The van der Waals surface area contributed by atoms with Gasteiger partial charge in [-0.15, -0.1) is 0 Å². The van der Waals surface area contributed by atoms with Crippen molar-refractivity contribution in [2.75, 3.05) is 19.3 Å². The van der Waals surface area contributed by atoms with E-state index in [-0.39, 0.29) is 12.1 Å². The molecule has 0 bridgehead atoms. The van der Waals surface area contributed by atoms with Crippen molar-refractivity contribution in [3.05, 3.63) is 29.3 Å². The van der Waals surface area contributed by atoms with Crippen LogP contribution in [0.25, 0.3) is 0 Å². The lowest BCUT2D eigenvalue weighted by Crippen LogP contribution is -2.33. The van der Waals surface area contributed by atoms with Crippen molar-refractivity contribution in [2.24, 2.45) is 0 Å². The first-order chi connectivity index (χ1) is 7.82. The highest BCUT2D eigenvalue weighted by molar-refractivity contribution is 5.94. The number of aliphatic hydroxyl groups excluding tert-OH is 1. The molecule has 1 amide bonds. The molecule has 3 N–H and O–H groups in total. The van der Waals surface area contributed by atoms with Gasteiger partial charge in [0.1, 0.15) is 17.3 Å². The summed E-state index contributed by atoms with van der Waals surface area (Å²) < 4.78 is 26.3. The van der Waals surface area contributed by atoms with Crippen molar-refractivity contribution in [2.45, 2.75) is 13.0 Å². The first-order valence-corrected chi connectivity index (χ1v) is 5.01. The summed E-state index contributed by atoms with van der Waals surface area (Å²) in [4.78, 5) is 12.9. The van der Waals surface area contributed by atoms with Crippen LogP contribution in [0.1, 0.15) is 17.3 Å². The number of halogens is 2. The molecule has 1 atom stereocenters. The Hall–Kier alpha value is -1.69. The summed E-state index contributed by atoms with van der Waals surface area (Å²) in [5, 5.41) is 9.11. The average Bonchev–Trinajstić information content (AvgIpc) is 2.23. The molecule has 4 nitrogen and oxygen atoms in total. The SMILES string of the molecule is CC(O)CN(C)C(=O)c1cc(F)c(N)c(F)c1. The topological polar surface area (TPSA) is 66.6 Å². The second-order valence-electron chi connectivity index (χ2n) is 3.89. The molecular weight excluding hydrogens is 230 g/mol. The zero-order valence-corrected chi connectivity index (χ0v) is 9.58. The zero-order chi connectivity index (χ0) is 13.2. The molecule has 1 rings (SSSR count). The van der Waals surface area contributed by atoms with E-state index in [4.69, 9.17) is 10.8 Å². The van der Waals surface area contributed by atoms with Crippen LogP contribution in [0.5, 0.6) is 0 Å². The Balaban J connectivity index is 2.97. The molecule has 0 radical (unpaired) electrons. The Morgan fingerprint density at radius 2 is 1.94 bits per heavy atom. The summed E-state index contributed by atoms with van der Waals surface area (Å²) >= 11 is 0. The van der Waals surface area contributed by atoms with E-state index in [0.29, 0.717) is 0 Å². The Morgan fingerprint density at radius 3 is 2.35 bits per heavy atom. The Morgan fingerprint density at radius 1 is 1.47 bits per heavy atom. The van der Waals surface area contributed by atoms with E-state index in [1.807, 2.05) is 0 Å². The van der Waals surface area contributed by atoms with Gasteiger partial charge in [-0.25, -0.2) is 8.78 Å². The van der Waals surface area contributed by atoms with Gasteiger partial charge in [0.05, 0.1) is 6.10 Å². The second kappa shape index (κ2) is 5.09. The minimum absolute atomic E-state index is 0.0758. The van der Waals surface area contributed by atoms with Crippen molar-refractivity contribution < 1.29 is 18.7 Å². The van der Waals surface area contributed by atoms with Gasteiger partial charge in [0.25, 0.3) is 5.91 Å². The molecule has 0 aliphatic heterocycles.